The fourth-order valence-corrected chi connectivity index (χ4v) is 4.60. The molecule has 0 N–H and O–H groups in total. The zero-order valence-electron chi connectivity index (χ0n) is 22.5. The molecule has 41 heavy (non-hydrogen) atoms. The predicted octanol–water partition coefficient (Wildman–Crippen LogP) is 6.09. The Kier molecular flexibility index (Phi) is 9.98. The number of hydroxylamine groups is 2. The van der Waals surface area contributed by atoms with Gasteiger partial charge in [-0.05, 0) is 49.1 Å². The van der Waals surface area contributed by atoms with E-state index in [2.05, 4.69) is 5.10 Å². The Morgan fingerprint density at radius 1 is 1.00 bits per heavy atom. The summed E-state index contributed by atoms with van der Waals surface area (Å²) in [5, 5.41) is 5.51. The molecule has 12 heteroatoms. The van der Waals surface area contributed by atoms with Crippen LogP contribution in [0.3, 0.4) is 0 Å². The zero-order chi connectivity index (χ0) is 29.4. The first-order valence-corrected chi connectivity index (χ1v) is 13.4. The summed E-state index contributed by atoms with van der Waals surface area (Å²) in [7, 11) is 0. The van der Waals surface area contributed by atoms with E-state index in [1.807, 2.05) is 30.3 Å². The first-order chi connectivity index (χ1) is 19.6. The lowest BCUT2D eigenvalue weighted by molar-refractivity contribution is -0.210. The summed E-state index contributed by atoms with van der Waals surface area (Å²) in [5.41, 5.74) is -0.531. The van der Waals surface area contributed by atoms with Crippen LogP contribution in [-0.4, -0.2) is 39.4 Å². The van der Waals surface area contributed by atoms with Gasteiger partial charge in [0.25, 0.3) is 5.91 Å². The molecule has 0 unspecified atom stereocenters. The number of hydrogen-bond donors (Lipinski definition) is 0. The molecule has 1 heterocycles. The quantitative estimate of drug-likeness (QED) is 0.156. The predicted molar refractivity (Wildman–Crippen MR) is 139 cm³/mol. The van der Waals surface area contributed by atoms with Crippen LogP contribution < -0.4 is 4.74 Å². The second-order valence-corrected chi connectivity index (χ2v) is 9.65. The number of hydrogen-bond acceptors (Lipinski definition) is 6. The fraction of sp³-hybridized carbons (Fsp3) is 0.414. The Bertz CT molecular complexity index is 1320. The summed E-state index contributed by atoms with van der Waals surface area (Å²) in [6.45, 7) is 1.01. The Labute approximate surface area is 234 Å². The second-order valence-electron chi connectivity index (χ2n) is 9.65. The van der Waals surface area contributed by atoms with Gasteiger partial charge >= 0.3 is 12.1 Å². The van der Waals surface area contributed by atoms with E-state index in [9.17, 15) is 27.2 Å². The van der Waals surface area contributed by atoms with E-state index in [1.165, 1.54) is 11.1 Å². The largest absolute Gasteiger partial charge is 0.473 e. The van der Waals surface area contributed by atoms with Crippen LogP contribution in [0.5, 0.6) is 5.88 Å². The van der Waals surface area contributed by atoms with Crippen molar-refractivity contribution in [3.05, 3.63) is 82.8 Å². The summed E-state index contributed by atoms with van der Waals surface area (Å²) < 4.78 is 65.1. The number of esters is 1. The monoisotopic (exact) mass is 577 g/mol. The average molecular weight is 578 g/mol. The minimum atomic E-state index is -4.75. The molecular formula is C29H31F4N3O5. The zero-order valence-corrected chi connectivity index (χ0v) is 22.5. The highest BCUT2D eigenvalue weighted by atomic mass is 19.4. The molecule has 1 aliphatic rings. The first-order valence-electron chi connectivity index (χ1n) is 13.4. The molecule has 0 aliphatic heterocycles. The van der Waals surface area contributed by atoms with Crippen LogP contribution in [0.1, 0.15) is 66.2 Å². The van der Waals surface area contributed by atoms with Crippen molar-refractivity contribution in [2.75, 3.05) is 6.61 Å². The van der Waals surface area contributed by atoms with E-state index >= 15 is 0 Å². The maximum atomic E-state index is 13.9. The third-order valence-electron chi connectivity index (χ3n) is 6.55. The molecule has 1 saturated carbocycles. The molecule has 1 aliphatic carbocycles. The van der Waals surface area contributed by atoms with Gasteiger partial charge in [-0.3, -0.25) is 9.63 Å². The SMILES string of the molecule is CCOC(=O)c1cc(OCc2cc(F)cc(C(F)(F)F)c2)n(CC(=O)N(OCc2ccccc2)C2CCCCC2)n1. The van der Waals surface area contributed by atoms with Crippen molar-refractivity contribution in [3.8, 4) is 5.88 Å². The number of rotatable bonds is 11. The van der Waals surface area contributed by atoms with E-state index < -0.39 is 36.0 Å². The normalized spacial score (nSPS) is 14.1. The molecule has 220 valence electrons. The van der Waals surface area contributed by atoms with E-state index in [1.54, 1.807) is 6.92 Å². The lowest BCUT2D eigenvalue weighted by Gasteiger charge is -2.33. The van der Waals surface area contributed by atoms with Crippen molar-refractivity contribution in [2.24, 2.45) is 0 Å². The number of amides is 1. The molecule has 0 spiro atoms. The Morgan fingerprint density at radius 3 is 2.41 bits per heavy atom. The Balaban J connectivity index is 1.56. The van der Waals surface area contributed by atoms with Gasteiger partial charge in [0.05, 0.1) is 18.2 Å². The van der Waals surface area contributed by atoms with Gasteiger partial charge in [-0.25, -0.2) is 18.9 Å². The number of carbonyl (C=O) groups excluding carboxylic acids is 2. The van der Waals surface area contributed by atoms with E-state index in [0.29, 0.717) is 6.07 Å². The maximum Gasteiger partial charge on any atom is 0.416 e. The molecule has 0 bridgehead atoms. The lowest BCUT2D eigenvalue weighted by atomic mass is 9.95. The number of aromatic nitrogens is 2. The molecule has 8 nitrogen and oxygen atoms in total. The standard InChI is InChI=1S/C29H31F4N3O5/c1-2-39-28(38)25-16-27(40-18-21-13-22(29(31,32)33)15-23(30)14-21)35(34-25)17-26(37)36(24-11-7-4-8-12-24)41-19-20-9-5-3-6-10-20/h3,5-6,9-10,13-16,24H,2,4,7-8,11-12,17-19H2,1H3. The van der Waals surface area contributed by atoms with Crippen molar-refractivity contribution in [3.63, 3.8) is 0 Å². The molecule has 1 aromatic heterocycles. The number of ether oxygens (including phenoxy) is 2. The highest BCUT2D eigenvalue weighted by molar-refractivity contribution is 5.87. The maximum absolute atomic E-state index is 13.9. The van der Waals surface area contributed by atoms with Crippen LogP contribution in [-0.2, 0) is 40.3 Å². The van der Waals surface area contributed by atoms with Gasteiger partial charge in [-0.1, -0.05) is 49.6 Å². The number of carbonyl (C=O) groups is 2. The number of halogens is 4. The Morgan fingerprint density at radius 2 is 1.73 bits per heavy atom. The summed E-state index contributed by atoms with van der Waals surface area (Å²) in [6, 6.07) is 12.5. The van der Waals surface area contributed by atoms with E-state index in [0.717, 1.165) is 54.5 Å². The van der Waals surface area contributed by atoms with Crippen LogP contribution in [0.2, 0.25) is 0 Å². The highest BCUT2D eigenvalue weighted by Gasteiger charge is 2.32. The van der Waals surface area contributed by atoms with E-state index in [4.69, 9.17) is 14.3 Å². The summed E-state index contributed by atoms with van der Waals surface area (Å²) in [6.07, 6.45) is -0.270. The van der Waals surface area contributed by atoms with Crippen LogP contribution in [0.15, 0.2) is 54.6 Å². The smallest absolute Gasteiger partial charge is 0.416 e. The number of benzene rings is 2. The molecule has 0 saturated heterocycles. The topological polar surface area (TPSA) is 82.9 Å². The van der Waals surface area contributed by atoms with Gasteiger partial charge in [0.15, 0.2) is 5.69 Å². The van der Waals surface area contributed by atoms with Gasteiger partial charge in [-0.15, -0.1) is 0 Å². The molecule has 1 fully saturated rings. The molecule has 0 atom stereocenters. The summed E-state index contributed by atoms with van der Waals surface area (Å²) in [5.74, 6) is -2.36. The van der Waals surface area contributed by atoms with Crippen molar-refractivity contribution in [2.45, 2.75) is 71.0 Å². The molecule has 0 radical (unpaired) electrons. The van der Waals surface area contributed by atoms with Gasteiger partial charge in [0, 0.05) is 6.07 Å². The van der Waals surface area contributed by atoms with Crippen molar-refractivity contribution >= 4 is 11.9 Å². The molecule has 1 amide bonds. The van der Waals surface area contributed by atoms with Crippen molar-refractivity contribution in [1.82, 2.24) is 14.8 Å². The van der Waals surface area contributed by atoms with Crippen molar-refractivity contribution < 1.29 is 41.5 Å². The Hall–Kier alpha value is -3.93. The molecular weight excluding hydrogens is 546 g/mol. The number of nitrogens with zero attached hydrogens (tertiary/aromatic N) is 3. The van der Waals surface area contributed by atoms with Crippen LogP contribution in [0.25, 0.3) is 0 Å². The van der Waals surface area contributed by atoms with Crippen LogP contribution >= 0.6 is 0 Å². The minimum absolute atomic E-state index is 0.0765. The van der Waals surface area contributed by atoms with Gasteiger partial charge in [0.2, 0.25) is 5.88 Å². The first kappa shape index (κ1) is 30.0. The second kappa shape index (κ2) is 13.6. The van der Waals surface area contributed by atoms with Crippen LogP contribution in [0.4, 0.5) is 17.6 Å². The molecule has 3 aromatic rings. The van der Waals surface area contributed by atoms with E-state index in [-0.39, 0.29) is 42.9 Å². The minimum Gasteiger partial charge on any atom is -0.473 e. The lowest BCUT2D eigenvalue weighted by Crippen LogP contribution is -2.43. The third-order valence-corrected chi connectivity index (χ3v) is 6.55. The number of alkyl halides is 3. The molecule has 2 aromatic carbocycles. The van der Waals surface area contributed by atoms with Crippen molar-refractivity contribution in [1.29, 1.82) is 0 Å². The van der Waals surface area contributed by atoms with Gasteiger partial charge in [0.1, 0.15) is 25.6 Å². The fourth-order valence-electron chi connectivity index (χ4n) is 4.60. The highest BCUT2D eigenvalue weighted by Crippen LogP contribution is 2.31. The van der Waals surface area contributed by atoms with Crippen LogP contribution in [0, 0.1) is 5.82 Å². The average Bonchev–Trinajstić information content (AvgIpc) is 3.35. The summed E-state index contributed by atoms with van der Waals surface area (Å²) >= 11 is 0. The molecule has 4 rings (SSSR count). The third kappa shape index (κ3) is 8.29. The summed E-state index contributed by atoms with van der Waals surface area (Å²) in [4.78, 5) is 31.9. The van der Waals surface area contributed by atoms with Gasteiger partial charge < -0.3 is 9.47 Å². The van der Waals surface area contributed by atoms with Gasteiger partial charge in [-0.2, -0.15) is 18.3 Å².